The normalized spacial score (nSPS) is 18.9. The molecule has 0 saturated heterocycles. The highest BCUT2D eigenvalue weighted by Crippen LogP contribution is 2.26. The molecule has 6 nitrogen and oxygen atoms in total. The van der Waals surface area contributed by atoms with Crippen molar-refractivity contribution in [3.63, 3.8) is 0 Å². The highest BCUT2D eigenvalue weighted by atomic mass is 32.2. The van der Waals surface area contributed by atoms with Crippen LogP contribution in [0.1, 0.15) is 19.8 Å². The van der Waals surface area contributed by atoms with Gasteiger partial charge in [0.1, 0.15) is 11.9 Å². The zero-order chi connectivity index (χ0) is 12.5. The molecule has 1 aliphatic carbocycles. The zero-order valence-electron chi connectivity index (χ0n) is 9.88. The molecule has 0 bridgehead atoms. The van der Waals surface area contributed by atoms with E-state index >= 15 is 0 Å². The van der Waals surface area contributed by atoms with Gasteiger partial charge in [0.2, 0.25) is 0 Å². The Morgan fingerprint density at radius 2 is 2.47 bits per heavy atom. The molecule has 1 unspecified atom stereocenters. The lowest BCUT2D eigenvalue weighted by molar-refractivity contribution is -0.143. The number of carboxylic acids is 1. The number of rotatable bonds is 6. The average Bonchev–Trinajstić information content (AvgIpc) is 2.97. The maximum atomic E-state index is 11.3. The van der Waals surface area contributed by atoms with E-state index in [0.29, 0.717) is 11.8 Å². The van der Waals surface area contributed by atoms with Gasteiger partial charge in [0, 0.05) is 18.8 Å². The second kappa shape index (κ2) is 4.66. The molecule has 0 amide bonds. The van der Waals surface area contributed by atoms with Gasteiger partial charge in [-0.3, -0.25) is 10.1 Å². The van der Waals surface area contributed by atoms with Crippen molar-refractivity contribution in [2.24, 2.45) is 7.05 Å². The van der Waals surface area contributed by atoms with Gasteiger partial charge in [-0.1, -0.05) is 11.8 Å². The molecule has 94 valence electrons. The van der Waals surface area contributed by atoms with Crippen LogP contribution in [0.2, 0.25) is 0 Å². The number of aromatic nitrogens is 3. The summed E-state index contributed by atoms with van der Waals surface area (Å²) in [5.74, 6) is -0.384. The fourth-order valence-corrected chi connectivity index (χ4v) is 2.45. The summed E-state index contributed by atoms with van der Waals surface area (Å²) in [6.45, 7) is 1.72. The number of thioether (sulfide) groups is 1. The third-order valence-corrected chi connectivity index (χ3v) is 4.08. The summed E-state index contributed by atoms with van der Waals surface area (Å²) >= 11 is 1.40. The molecule has 0 radical (unpaired) electrons. The standard InChI is InChI=1S/C10H16N4O2S/c1-10(8(15)16,13-7-3-4-7)5-17-9-11-6-12-14(9)2/h6-7,13H,3-5H2,1-2H3,(H,15,16). The molecule has 1 heterocycles. The SMILES string of the molecule is Cn1ncnc1SCC(C)(NC1CC1)C(=O)O. The Bertz CT molecular complexity index is 418. The van der Waals surface area contributed by atoms with Crippen molar-refractivity contribution in [1.29, 1.82) is 0 Å². The Hall–Kier alpha value is -1.08. The lowest BCUT2D eigenvalue weighted by atomic mass is 10.1. The minimum atomic E-state index is -0.905. The smallest absolute Gasteiger partial charge is 0.324 e. The Morgan fingerprint density at radius 3 is 2.94 bits per heavy atom. The van der Waals surface area contributed by atoms with Crippen molar-refractivity contribution < 1.29 is 9.90 Å². The Kier molecular flexibility index (Phi) is 3.39. The minimum absolute atomic E-state index is 0.358. The highest BCUT2D eigenvalue weighted by molar-refractivity contribution is 7.99. The first-order chi connectivity index (χ1) is 8.01. The van der Waals surface area contributed by atoms with E-state index < -0.39 is 11.5 Å². The van der Waals surface area contributed by atoms with Crippen molar-refractivity contribution in [2.45, 2.75) is 36.5 Å². The third kappa shape index (κ3) is 2.98. The van der Waals surface area contributed by atoms with Crippen molar-refractivity contribution in [3.05, 3.63) is 6.33 Å². The molecular weight excluding hydrogens is 240 g/mol. The fourth-order valence-electron chi connectivity index (χ4n) is 1.47. The summed E-state index contributed by atoms with van der Waals surface area (Å²) in [7, 11) is 1.79. The Labute approximate surface area is 104 Å². The van der Waals surface area contributed by atoms with E-state index in [2.05, 4.69) is 15.4 Å². The second-order valence-electron chi connectivity index (χ2n) is 4.51. The Balaban J connectivity index is 1.97. The van der Waals surface area contributed by atoms with Crippen molar-refractivity contribution in [2.75, 3.05) is 5.75 Å². The van der Waals surface area contributed by atoms with Gasteiger partial charge in [0.05, 0.1) is 0 Å². The number of nitrogens with zero attached hydrogens (tertiary/aromatic N) is 3. The summed E-state index contributed by atoms with van der Waals surface area (Å²) in [5, 5.41) is 17.1. The van der Waals surface area contributed by atoms with Crippen LogP contribution >= 0.6 is 11.8 Å². The van der Waals surface area contributed by atoms with Crippen LogP contribution < -0.4 is 5.32 Å². The summed E-state index contributed by atoms with van der Waals surface area (Å²) in [6, 6.07) is 0.358. The largest absolute Gasteiger partial charge is 0.480 e. The Morgan fingerprint density at radius 1 is 1.76 bits per heavy atom. The van der Waals surface area contributed by atoms with Crippen LogP contribution in [0, 0.1) is 0 Å². The number of nitrogens with one attached hydrogen (secondary N) is 1. The summed E-state index contributed by atoms with van der Waals surface area (Å²) in [4.78, 5) is 15.4. The van der Waals surface area contributed by atoms with E-state index in [-0.39, 0.29) is 0 Å². The molecule has 0 aromatic carbocycles. The zero-order valence-corrected chi connectivity index (χ0v) is 10.7. The molecule has 7 heteroatoms. The molecule has 1 saturated carbocycles. The van der Waals surface area contributed by atoms with Gasteiger partial charge in [-0.15, -0.1) is 0 Å². The molecule has 1 atom stereocenters. The van der Waals surface area contributed by atoms with E-state index in [4.69, 9.17) is 0 Å². The van der Waals surface area contributed by atoms with Crippen molar-refractivity contribution in [1.82, 2.24) is 20.1 Å². The maximum Gasteiger partial charge on any atom is 0.324 e. The molecule has 17 heavy (non-hydrogen) atoms. The van der Waals surface area contributed by atoms with Gasteiger partial charge < -0.3 is 5.11 Å². The van der Waals surface area contributed by atoms with E-state index in [1.165, 1.54) is 18.1 Å². The molecule has 1 aromatic rings. The number of carboxylic acid groups (broad SMARTS) is 1. The third-order valence-electron chi connectivity index (χ3n) is 2.73. The maximum absolute atomic E-state index is 11.3. The van der Waals surface area contributed by atoms with E-state index in [9.17, 15) is 9.90 Å². The van der Waals surface area contributed by atoms with E-state index in [0.717, 1.165) is 18.0 Å². The number of aryl methyl sites for hydroxylation is 1. The predicted molar refractivity (Wildman–Crippen MR) is 63.9 cm³/mol. The van der Waals surface area contributed by atoms with Crippen LogP contribution in [-0.2, 0) is 11.8 Å². The van der Waals surface area contributed by atoms with Gasteiger partial charge in [0.15, 0.2) is 5.16 Å². The van der Waals surface area contributed by atoms with E-state index in [1.54, 1.807) is 18.7 Å². The van der Waals surface area contributed by atoms with Crippen LogP contribution in [0.4, 0.5) is 0 Å². The number of carbonyl (C=O) groups is 1. The van der Waals surface area contributed by atoms with Gasteiger partial charge >= 0.3 is 5.97 Å². The lowest BCUT2D eigenvalue weighted by Crippen LogP contribution is -2.52. The van der Waals surface area contributed by atoms with Gasteiger partial charge in [0.25, 0.3) is 0 Å². The average molecular weight is 256 g/mol. The molecule has 1 aliphatic rings. The summed E-state index contributed by atoms with van der Waals surface area (Å²) < 4.78 is 1.64. The molecule has 2 rings (SSSR count). The summed E-state index contributed by atoms with van der Waals surface area (Å²) in [6.07, 6.45) is 3.60. The highest BCUT2D eigenvalue weighted by Gasteiger charge is 2.38. The lowest BCUT2D eigenvalue weighted by Gasteiger charge is -2.25. The minimum Gasteiger partial charge on any atom is -0.480 e. The fraction of sp³-hybridized carbons (Fsp3) is 0.700. The molecule has 1 aromatic heterocycles. The topological polar surface area (TPSA) is 80.0 Å². The number of aliphatic carboxylic acids is 1. The molecule has 0 spiro atoms. The van der Waals surface area contributed by atoms with Crippen LogP contribution in [0.25, 0.3) is 0 Å². The van der Waals surface area contributed by atoms with Crippen LogP contribution in [0.3, 0.4) is 0 Å². The van der Waals surface area contributed by atoms with Crippen molar-refractivity contribution in [3.8, 4) is 0 Å². The number of hydrogen-bond acceptors (Lipinski definition) is 5. The second-order valence-corrected chi connectivity index (χ2v) is 5.45. The van der Waals surface area contributed by atoms with Crippen molar-refractivity contribution >= 4 is 17.7 Å². The predicted octanol–water partition coefficient (Wildman–Crippen LogP) is 0.502. The molecule has 1 fully saturated rings. The van der Waals surface area contributed by atoms with Gasteiger partial charge in [-0.25, -0.2) is 9.67 Å². The van der Waals surface area contributed by atoms with Gasteiger partial charge in [-0.2, -0.15) is 5.10 Å². The molecular formula is C10H16N4O2S. The number of hydrogen-bond donors (Lipinski definition) is 2. The quantitative estimate of drug-likeness (QED) is 0.722. The first kappa shape index (κ1) is 12.4. The van der Waals surface area contributed by atoms with Crippen LogP contribution in [-0.4, -0.2) is 43.2 Å². The molecule has 0 aliphatic heterocycles. The summed E-state index contributed by atoms with van der Waals surface area (Å²) in [5.41, 5.74) is -0.905. The molecule has 2 N–H and O–H groups in total. The van der Waals surface area contributed by atoms with E-state index in [1.807, 2.05) is 0 Å². The first-order valence-electron chi connectivity index (χ1n) is 5.49. The van der Waals surface area contributed by atoms with Gasteiger partial charge in [-0.05, 0) is 19.8 Å². The monoisotopic (exact) mass is 256 g/mol. The first-order valence-corrected chi connectivity index (χ1v) is 6.48. The van der Waals surface area contributed by atoms with Crippen LogP contribution in [0.15, 0.2) is 11.5 Å². The van der Waals surface area contributed by atoms with Crippen LogP contribution in [0.5, 0.6) is 0 Å².